The maximum Gasteiger partial charge on any atom is 0.395 e. The summed E-state index contributed by atoms with van der Waals surface area (Å²) in [5, 5.41) is 0. The molecule has 118 valence electrons. The maximum atomic E-state index is 13.2. The molecule has 0 unspecified atom stereocenters. The molecule has 0 aliphatic carbocycles. The minimum atomic E-state index is -5.08. The zero-order chi connectivity index (χ0) is 15.4. The maximum absolute atomic E-state index is 13.2. The molecule has 1 fully saturated rings. The number of hydrogen-bond donors (Lipinski definition) is 0. The SMILES string of the molecule is CN(CCN1CCOCC1)C(=O)C(F)(F)CC(F)(F)F. The Morgan fingerprint density at radius 2 is 1.75 bits per heavy atom. The highest BCUT2D eigenvalue weighted by Crippen LogP contribution is 2.32. The van der Waals surface area contributed by atoms with Gasteiger partial charge in [-0.2, -0.15) is 22.0 Å². The molecular weight excluding hydrogens is 287 g/mol. The lowest BCUT2D eigenvalue weighted by atomic mass is 10.2. The number of rotatable bonds is 5. The third kappa shape index (κ3) is 5.58. The second kappa shape index (κ2) is 6.66. The minimum absolute atomic E-state index is 0.0493. The summed E-state index contributed by atoms with van der Waals surface area (Å²) < 4.78 is 67.4. The van der Waals surface area contributed by atoms with E-state index in [0.717, 1.165) is 7.05 Å². The van der Waals surface area contributed by atoms with Crippen LogP contribution < -0.4 is 0 Å². The van der Waals surface area contributed by atoms with Crippen molar-refractivity contribution in [3.05, 3.63) is 0 Å². The fourth-order valence-electron chi connectivity index (χ4n) is 1.82. The van der Waals surface area contributed by atoms with E-state index in [2.05, 4.69) is 0 Å². The van der Waals surface area contributed by atoms with Gasteiger partial charge in [-0.05, 0) is 0 Å². The van der Waals surface area contributed by atoms with Crippen molar-refractivity contribution < 1.29 is 31.5 Å². The molecule has 1 aliphatic rings. The fourth-order valence-corrected chi connectivity index (χ4v) is 1.82. The van der Waals surface area contributed by atoms with Crippen molar-refractivity contribution in [2.45, 2.75) is 18.5 Å². The first-order chi connectivity index (χ1) is 9.12. The molecule has 1 rings (SSSR count). The van der Waals surface area contributed by atoms with Gasteiger partial charge in [0.1, 0.15) is 6.42 Å². The van der Waals surface area contributed by atoms with E-state index >= 15 is 0 Å². The predicted octanol–water partition coefficient (Wildman–Crippen LogP) is 1.36. The highest BCUT2D eigenvalue weighted by molar-refractivity contribution is 5.83. The van der Waals surface area contributed by atoms with Crippen LogP contribution in [0.1, 0.15) is 6.42 Å². The summed E-state index contributed by atoms with van der Waals surface area (Å²) in [6, 6.07) is 0. The number of morpholine rings is 1. The van der Waals surface area contributed by atoms with Crippen molar-refractivity contribution in [1.29, 1.82) is 0 Å². The van der Waals surface area contributed by atoms with Crippen LogP contribution in [0.15, 0.2) is 0 Å². The lowest BCUT2D eigenvalue weighted by molar-refractivity contribution is -0.199. The molecule has 1 heterocycles. The van der Waals surface area contributed by atoms with Crippen molar-refractivity contribution >= 4 is 5.91 Å². The highest BCUT2D eigenvalue weighted by Gasteiger charge is 2.50. The van der Waals surface area contributed by atoms with Crippen molar-refractivity contribution in [3.63, 3.8) is 0 Å². The van der Waals surface area contributed by atoms with Gasteiger partial charge in [0.15, 0.2) is 0 Å². The molecule has 0 saturated carbocycles. The summed E-state index contributed by atoms with van der Waals surface area (Å²) in [5.74, 6) is -6.22. The summed E-state index contributed by atoms with van der Waals surface area (Å²) >= 11 is 0. The molecule has 0 radical (unpaired) electrons. The number of ether oxygens (including phenoxy) is 1. The third-order valence-corrected chi connectivity index (χ3v) is 2.94. The first kappa shape index (κ1) is 17.1. The standard InChI is InChI=1S/C11H17F5N2O2/c1-17(2-3-18-4-6-20-7-5-18)9(19)10(12,13)8-11(14,15)16/h2-8H2,1H3. The number of hydrogen-bond acceptors (Lipinski definition) is 3. The second-order valence-corrected chi connectivity index (χ2v) is 4.68. The molecule has 0 spiro atoms. The summed E-state index contributed by atoms with van der Waals surface area (Å²) in [4.78, 5) is 13.9. The Hall–Kier alpha value is -0.960. The number of halogens is 5. The van der Waals surface area contributed by atoms with Crippen molar-refractivity contribution in [3.8, 4) is 0 Å². The van der Waals surface area contributed by atoms with Gasteiger partial charge in [0, 0.05) is 33.2 Å². The lowest BCUT2D eigenvalue weighted by Gasteiger charge is -2.30. The molecule has 1 saturated heterocycles. The van der Waals surface area contributed by atoms with E-state index in [4.69, 9.17) is 4.74 Å². The van der Waals surface area contributed by atoms with Crippen molar-refractivity contribution in [1.82, 2.24) is 9.80 Å². The van der Waals surface area contributed by atoms with Crippen LogP contribution in [-0.4, -0.2) is 74.2 Å². The number of carbonyl (C=O) groups excluding carboxylic acids is 1. The average Bonchev–Trinajstić information content (AvgIpc) is 2.33. The molecule has 0 atom stereocenters. The molecule has 9 heteroatoms. The Morgan fingerprint density at radius 3 is 2.25 bits per heavy atom. The molecule has 0 aromatic carbocycles. The number of carbonyl (C=O) groups is 1. The van der Waals surface area contributed by atoms with Gasteiger partial charge in [0.05, 0.1) is 13.2 Å². The lowest BCUT2D eigenvalue weighted by Crippen LogP contribution is -2.47. The Kier molecular flexibility index (Phi) is 5.69. The smallest absolute Gasteiger partial charge is 0.379 e. The van der Waals surface area contributed by atoms with Crippen LogP contribution in [0.25, 0.3) is 0 Å². The Bertz CT molecular complexity index is 329. The Balaban J connectivity index is 2.44. The van der Waals surface area contributed by atoms with Crippen molar-refractivity contribution in [2.24, 2.45) is 0 Å². The van der Waals surface area contributed by atoms with E-state index in [1.807, 2.05) is 4.90 Å². The van der Waals surface area contributed by atoms with Gasteiger partial charge in [-0.15, -0.1) is 0 Å². The van der Waals surface area contributed by atoms with E-state index in [1.54, 1.807) is 0 Å². The third-order valence-electron chi connectivity index (χ3n) is 2.94. The molecule has 0 bridgehead atoms. The van der Waals surface area contributed by atoms with Crippen LogP contribution in [-0.2, 0) is 9.53 Å². The largest absolute Gasteiger partial charge is 0.395 e. The molecule has 20 heavy (non-hydrogen) atoms. The van der Waals surface area contributed by atoms with Gasteiger partial charge >= 0.3 is 12.1 Å². The molecule has 4 nitrogen and oxygen atoms in total. The number of alkyl halides is 5. The number of likely N-dealkylation sites (N-methyl/N-ethyl adjacent to an activating group) is 1. The van der Waals surface area contributed by atoms with E-state index in [0.29, 0.717) is 37.7 Å². The zero-order valence-electron chi connectivity index (χ0n) is 11.1. The van der Waals surface area contributed by atoms with Gasteiger partial charge in [-0.3, -0.25) is 9.69 Å². The summed E-state index contributed by atoms with van der Waals surface area (Å²) in [7, 11) is 1.08. The Morgan fingerprint density at radius 1 is 1.20 bits per heavy atom. The molecule has 0 N–H and O–H groups in total. The van der Waals surface area contributed by atoms with Gasteiger partial charge in [-0.1, -0.05) is 0 Å². The van der Waals surface area contributed by atoms with Crippen LogP contribution in [0.4, 0.5) is 22.0 Å². The first-order valence-corrected chi connectivity index (χ1v) is 6.12. The molecular formula is C11H17F5N2O2. The number of amides is 1. The first-order valence-electron chi connectivity index (χ1n) is 6.12. The van der Waals surface area contributed by atoms with Gasteiger partial charge in [0.2, 0.25) is 0 Å². The fraction of sp³-hybridized carbons (Fsp3) is 0.909. The zero-order valence-corrected chi connectivity index (χ0v) is 11.1. The van der Waals surface area contributed by atoms with Crippen LogP contribution in [0, 0.1) is 0 Å². The topological polar surface area (TPSA) is 32.8 Å². The molecule has 1 amide bonds. The van der Waals surface area contributed by atoms with Crippen LogP contribution >= 0.6 is 0 Å². The molecule has 0 aromatic rings. The van der Waals surface area contributed by atoms with Gasteiger partial charge < -0.3 is 9.64 Å². The van der Waals surface area contributed by atoms with Crippen LogP contribution in [0.3, 0.4) is 0 Å². The normalized spacial score (nSPS) is 18.1. The monoisotopic (exact) mass is 304 g/mol. The van der Waals surface area contributed by atoms with E-state index in [1.165, 1.54) is 0 Å². The predicted molar refractivity (Wildman–Crippen MR) is 60.5 cm³/mol. The molecule has 0 aromatic heterocycles. The van der Waals surface area contributed by atoms with Crippen LogP contribution in [0.5, 0.6) is 0 Å². The van der Waals surface area contributed by atoms with Gasteiger partial charge in [0.25, 0.3) is 5.91 Å². The average molecular weight is 304 g/mol. The second-order valence-electron chi connectivity index (χ2n) is 4.68. The summed E-state index contributed by atoms with van der Waals surface area (Å²) in [6.07, 6.45) is -7.51. The summed E-state index contributed by atoms with van der Waals surface area (Å²) in [5.41, 5.74) is 0. The van der Waals surface area contributed by atoms with Gasteiger partial charge in [-0.25, -0.2) is 0 Å². The number of nitrogens with zero attached hydrogens (tertiary/aromatic N) is 2. The quantitative estimate of drug-likeness (QED) is 0.719. The molecule has 1 aliphatic heterocycles. The van der Waals surface area contributed by atoms with Crippen LogP contribution in [0.2, 0.25) is 0 Å². The van der Waals surface area contributed by atoms with E-state index < -0.39 is 24.4 Å². The van der Waals surface area contributed by atoms with E-state index in [-0.39, 0.29) is 6.54 Å². The van der Waals surface area contributed by atoms with E-state index in [9.17, 15) is 26.7 Å². The Labute approximate surface area is 113 Å². The minimum Gasteiger partial charge on any atom is -0.379 e. The summed E-state index contributed by atoms with van der Waals surface area (Å²) in [6.45, 7) is 2.53. The highest BCUT2D eigenvalue weighted by atomic mass is 19.4. The van der Waals surface area contributed by atoms with Crippen molar-refractivity contribution in [2.75, 3.05) is 46.4 Å².